The first-order valence-corrected chi connectivity index (χ1v) is 9.17. The highest BCUT2D eigenvalue weighted by Gasteiger charge is 2.49. The molecule has 0 atom stereocenters. The van der Waals surface area contributed by atoms with Crippen molar-refractivity contribution >= 4 is 5.91 Å². The van der Waals surface area contributed by atoms with Gasteiger partial charge in [0.15, 0.2) is 0 Å². The molecule has 1 aliphatic heterocycles. The van der Waals surface area contributed by atoms with E-state index in [1.165, 1.54) is 24.0 Å². The monoisotopic (exact) mass is 335 g/mol. The number of amides is 1. The molecule has 0 N–H and O–H groups in total. The summed E-state index contributed by atoms with van der Waals surface area (Å²) in [6.07, 6.45) is 2.98. The molecular weight excluding hydrogens is 310 g/mol. The Hall–Kier alpha value is -2.29. The molecule has 0 bridgehead atoms. The zero-order valence-corrected chi connectivity index (χ0v) is 15.0. The van der Waals surface area contributed by atoms with Crippen LogP contribution in [-0.4, -0.2) is 23.5 Å². The third-order valence-electron chi connectivity index (χ3n) is 5.28. The van der Waals surface area contributed by atoms with E-state index < -0.39 is 0 Å². The molecule has 1 amide bonds. The number of ether oxygens (including phenoxy) is 1. The van der Waals surface area contributed by atoms with E-state index in [9.17, 15) is 4.79 Å². The van der Waals surface area contributed by atoms with Crippen molar-refractivity contribution in [2.24, 2.45) is 0 Å². The minimum absolute atomic E-state index is 0.138. The first-order valence-electron chi connectivity index (χ1n) is 9.17. The van der Waals surface area contributed by atoms with E-state index in [4.69, 9.17) is 4.74 Å². The van der Waals surface area contributed by atoms with Crippen molar-refractivity contribution < 1.29 is 9.53 Å². The Kier molecular flexibility index (Phi) is 4.03. The third-order valence-corrected chi connectivity index (χ3v) is 5.28. The maximum atomic E-state index is 12.9. The van der Waals surface area contributed by atoms with Crippen LogP contribution >= 0.6 is 0 Å². The van der Waals surface area contributed by atoms with Crippen molar-refractivity contribution in [3.05, 3.63) is 65.2 Å². The van der Waals surface area contributed by atoms with Crippen molar-refractivity contribution in [1.29, 1.82) is 0 Å². The molecule has 4 rings (SSSR count). The number of rotatable bonds is 4. The molecule has 0 radical (unpaired) electrons. The molecule has 1 spiro atoms. The van der Waals surface area contributed by atoms with Crippen LogP contribution in [0, 0.1) is 0 Å². The minimum Gasteiger partial charge on any atom is -0.491 e. The van der Waals surface area contributed by atoms with Crippen LogP contribution in [0.1, 0.15) is 43.4 Å². The van der Waals surface area contributed by atoms with E-state index in [-0.39, 0.29) is 17.4 Å². The highest BCUT2D eigenvalue weighted by atomic mass is 16.5. The molecule has 2 aliphatic rings. The molecule has 130 valence electrons. The SMILES string of the molecule is CC(C)Oc1cccc(CC(=O)N2Cc3ccccc3C3(CC3)C2)c1. The second-order valence-corrected chi connectivity index (χ2v) is 7.68. The van der Waals surface area contributed by atoms with Crippen LogP contribution in [0.15, 0.2) is 48.5 Å². The fourth-order valence-corrected chi connectivity index (χ4v) is 3.93. The molecule has 2 aromatic carbocycles. The van der Waals surface area contributed by atoms with Gasteiger partial charge in [-0.25, -0.2) is 0 Å². The van der Waals surface area contributed by atoms with Gasteiger partial charge >= 0.3 is 0 Å². The molecule has 2 aromatic rings. The maximum Gasteiger partial charge on any atom is 0.227 e. The van der Waals surface area contributed by atoms with E-state index in [0.29, 0.717) is 6.42 Å². The van der Waals surface area contributed by atoms with Gasteiger partial charge in [-0.15, -0.1) is 0 Å². The van der Waals surface area contributed by atoms with E-state index in [1.807, 2.05) is 43.0 Å². The highest BCUT2D eigenvalue weighted by molar-refractivity contribution is 5.79. The van der Waals surface area contributed by atoms with Gasteiger partial charge in [0.05, 0.1) is 12.5 Å². The summed E-state index contributed by atoms with van der Waals surface area (Å²) in [5, 5.41) is 0. The van der Waals surface area contributed by atoms with Crippen LogP contribution in [0.4, 0.5) is 0 Å². The van der Waals surface area contributed by atoms with E-state index in [0.717, 1.165) is 24.4 Å². The van der Waals surface area contributed by atoms with Crippen molar-refractivity contribution in [1.82, 2.24) is 4.90 Å². The lowest BCUT2D eigenvalue weighted by atomic mass is 9.87. The summed E-state index contributed by atoms with van der Waals surface area (Å²) < 4.78 is 5.75. The van der Waals surface area contributed by atoms with Crippen LogP contribution in [0.2, 0.25) is 0 Å². The Balaban J connectivity index is 1.49. The van der Waals surface area contributed by atoms with Crippen molar-refractivity contribution in [3.8, 4) is 5.75 Å². The number of benzene rings is 2. The fraction of sp³-hybridized carbons (Fsp3) is 0.409. The van der Waals surface area contributed by atoms with Crippen molar-refractivity contribution in [2.75, 3.05) is 6.54 Å². The minimum atomic E-state index is 0.138. The lowest BCUT2D eigenvalue weighted by Gasteiger charge is -2.35. The second kappa shape index (κ2) is 6.21. The summed E-state index contributed by atoms with van der Waals surface area (Å²) in [6, 6.07) is 16.5. The van der Waals surface area contributed by atoms with Gasteiger partial charge in [0.25, 0.3) is 0 Å². The van der Waals surface area contributed by atoms with Crippen LogP contribution in [0.3, 0.4) is 0 Å². The van der Waals surface area contributed by atoms with Crippen molar-refractivity contribution in [2.45, 2.75) is 51.2 Å². The summed E-state index contributed by atoms with van der Waals surface area (Å²) in [4.78, 5) is 15.0. The van der Waals surface area contributed by atoms with Gasteiger partial charge in [0.2, 0.25) is 5.91 Å². The van der Waals surface area contributed by atoms with E-state index in [2.05, 4.69) is 24.3 Å². The molecule has 0 saturated heterocycles. The molecule has 3 heteroatoms. The lowest BCUT2D eigenvalue weighted by Crippen LogP contribution is -2.42. The van der Waals surface area contributed by atoms with Crippen LogP contribution in [-0.2, 0) is 23.2 Å². The zero-order chi connectivity index (χ0) is 17.4. The molecule has 1 fully saturated rings. The molecule has 0 aromatic heterocycles. The van der Waals surface area contributed by atoms with Gasteiger partial charge in [0.1, 0.15) is 5.75 Å². The van der Waals surface area contributed by atoms with Gasteiger partial charge in [-0.3, -0.25) is 4.79 Å². The molecule has 1 heterocycles. The van der Waals surface area contributed by atoms with E-state index in [1.54, 1.807) is 0 Å². The lowest BCUT2D eigenvalue weighted by molar-refractivity contribution is -0.132. The second-order valence-electron chi connectivity index (χ2n) is 7.68. The first kappa shape index (κ1) is 16.2. The summed E-state index contributed by atoms with van der Waals surface area (Å²) >= 11 is 0. The van der Waals surface area contributed by atoms with E-state index >= 15 is 0 Å². The summed E-state index contributed by atoms with van der Waals surface area (Å²) in [7, 11) is 0. The first-order chi connectivity index (χ1) is 12.1. The van der Waals surface area contributed by atoms with Gasteiger partial charge in [0, 0.05) is 18.5 Å². The summed E-state index contributed by atoms with van der Waals surface area (Å²) in [5.41, 5.74) is 4.03. The molecule has 3 nitrogen and oxygen atoms in total. The molecule has 25 heavy (non-hydrogen) atoms. The predicted octanol–water partition coefficient (Wildman–Crippen LogP) is 4.09. The Morgan fingerprint density at radius 3 is 2.72 bits per heavy atom. The van der Waals surface area contributed by atoms with Gasteiger partial charge in [-0.2, -0.15) is 0 Å². The Bertz CT molecular complexity index is 792. The number of nitrogens with zero attached hydrogens (tertiary/aromatic N) is 1. The van der Waals surface area contributed by atoms with Gasteiger partial charge < -0.3 is 9.64 Å². The van der Waals surface area contributed by atoms with Crippen molar-refractivity contribution in [3.63, 3.8) is 0 Å². The number of fused-ring (bicyclic) bond motifs is 2. The number of hydrogen-bond acceptors (Lipinski definition) is 2. The average molecular weight is 335 g/mol. The van der Waals surface area contributed by atoms with Crippen LogP contribution < -0.4 is 4.74 Å². The zero-order valence-electron chi connectivity index (χ0n) is 15.0. The van der Waals surface area contributed by atoms with Crippen LogP contribution in [0.5, 0.6) is 5.75 Å². The summed E-state index contributed by atoms with van der Waals surface area (Å²) in [5.74, 6) is 1.05. The number of carbonyl (C=O) groups is 1. The molecule has 1 aliphatic carbocycles. The molecule has 0 unspecified atom stereocenters. The van der Waals surface area contributed by atoms with Gasteiger partial charge in [-0.1, -0.05) is 36.4 Å². The normalized spacial score (nSPS) is 17.5. The molecular formula is C22H25NO2. The summed E-state index contributed by atoms with van der Waals surface area (Å²) in [6.45, 7) is 5.63. The largest absolute Gasteiger partial charge is 0.491 e. The number of carbonyl (C=O) groups excluding carboxylic acids is 1. The molecule has 1 saturated carbocycles. The predicted molar refractivity (Wildman–Crippen MR) is 98.7 cm³/mol. The Morgan fingerprint density at radius 1 is 1.16 bits per heavy atom. The quantitative estimate of drug-likeness (QED) is 0.842. The standard InChI is InChI=1S/C22H25NO2/c1-16(2)25-19-8-5-6-17(12-19)13-21(24)23-14-18-7-3-4-9-20(18)22(15-23)10-11-22/h3-9,12,16H,10-11,13-15H2,1-2H3. The topological polar surface area (TPSA) is 29.5 Å². The number of hydrogen-bond donors (Lipinski definition) is 0. The van der Waals surface area contributed by atoms with Gasteiger partial charge in [-0.05, 0) is 55.5 Å². The van der Waals surface area contributed by atoms with Crippen LogP contribution in [0.25, 0.3) is 0 Å². The smallest absolute Gasteiger partial charge is 0.227 e. The highest BCUT2D eigenvalue weighted by Crippen LogP contribution is 2.52. The maximum absolute atomic E-state index is 12.9. The Morgan fingerprint density at radius 2 is 1.96 bits per heavy atom. The average Bonchev–Trinajstić information content (AvgIpc) is 3.34. The fourth-order valence-electron chi connectivity index (χ4n) is 3.93. The third kappa shape index (κ3) is 3.28. The Labute approximate surface area is 149 Å².